The first-order valence-electron chi connectivity index (χ1n) is 7.56. The quantitative estimate of drug-likeness (QED) is 0.697. The maximum absolute atomic E-state index is 3.63. The van der Waals surface area contributed by atoms with Crippen LogP contribution in [0.15, 0.2) is 0 Å². The summed E-state index contributed by atoms with van der Waals surface area (Å²) in [5, 5.41) is 3.63. The van der Waals surface area contributed by atoms with Crippen LogP contribution >= 0.6 is 0 Å². The molecule has 0 aromatic heterocycles. The first kappa shape index (κ1) is 15.0. The van der Waals surface area contributed by atoms with Crippen molar-refractivity contribution in [3.63, 3.8) is 0 Å². The molecule has 0 heterocycles. The van der Waals surface area contributed by atoms with Crippen LogP contribution in [0.1, 0.15) is 79.6 Å². The van der Waals surface area contributed by atoms with E-state index in [2.05, 4.69) is 39.9 Å². The molecule has 1 N–H and O–H groups in total. The summed E-state index contributed by atoms with van der Waals surface area (Å²) >= 11 is 0. The van der Waals surface area contributed by atoms with Gasteiger partial charge < -0.3 is 5.32 Å². The van der Waals surface area contributed by atoms with Crippen molar-refractivity contribution in [2.45, 2.75) is 85.1 Å². The van der Waals surface area contributed by atoms with Crippen LogP contribution in [0.25, 0.3) is 0 Å². The van der Waals surface area contributed by atoms with Crippen LogP contribution in [0.2, 0.25) is 0 Å². The van der Waals surface area contributed by atoms with Gasteiger partial charge in [0.05, 0.1) is 0 Å². The standard InChI is InChI=1S/C16H33N/c1-15(2,3)17-13-12-16(4,5)14-10-8-6-7-9-11-14/h14,17H,6-13H2,1-5H3. The molecule has 1 fully saturated rings. The van der Waals surface area contributed by atoms with Crippen molar-refractivity contribution in [1.82, 2.24) is 5.32 Å². The lowest BCUT2D eigenvalue weighted by atomic mass is 9.72. The highest BCUT2D eigenvalue weighted by atomic mass is 14.9. The van der Waals surface area contributed by atoms with Crippen molar-refractivity contribution in [3.8, 4) is 0 Å². The van der Waals surface area contributed by atoms with Crippen LogP contribution in [0.4, 0.5) is 0 Å². The molecule has 0 bridgehead atoms. The van der Waals surface area contributed by atoms with E-state index in [9.17, 15) is 0 Å². The van der Waals surface area contributed by atoms with Gasteiger partial charge in [-0.3, -0.25) is 0 Å². The Balaban J connectivity index is 2.37. The molecule has 1 heteroatoms. The monoisotopic (exact) mass is 239 g/mol. The highest BCUT2D eigenvalue weighted by Gasteiger charge is 2.29. The summed E-state index contributed by atoms with van der Waals surface area (Å²) in [6.45, 7) is 12.9. The molecule has 1 aliphatic rings. The van der Waals surface area contributed by atoms with E-state index in [-0.39, 0.29) is 5.54 Å². The second kappa shape index (κ2) is 6.22. The lowest BCUT2D eigenvalue weighted by Gasteiger charge is -2.35. The van der Waals surface area contributed by atoms with Gasteiger partial charge in [0.25, 0.3) is 0 Å². The average Bonchev–Trinajstić information content (AvgIpc) is 2.43. The van der Waals surface area contributed by atoms with E-state index in [1.54, 1.807) is 0 Å². The second-order valence-corrected chi connectivity index (χ2v) is 7.60. The third kappa shape index (κ3) is 5.90. The molecule has 17 heavy (non-hydrogen) atoms. The van der Waals surface area contributed by atoms with Gasteiger partial charge in [0.2, 0.25) is 0 Å². The van der Waals surface area contributed by atoms with Gasteiger partial charge in [-0.05, 0) is 57.9 Å². The second-order valence-electron chi connectivity index (χ2n) is 7.60. The van der Waals surface area contributed by atoms with Crippen LogP contribution in [-0.4, -0.2) is 12.1 Å². The normalized spacial score (nSPS) is 20.3. The molecule has 0 aliphatic heterocycles. The van der Waals surface area contributed by atoms with Gasteiger partial charge >= 0.3 is 0 Å². The topological polar surface area (TPSA) is 12.0 Å². The summed E-state index contributed by atoms with van der Waals surface area (Å²) in [4.78, 5) is 0. The number of nitrogens with one attached hydrogen (secondary N) is 1. The van der Waals surface area contributed by atoms with Crippen LogP contribution in [0.3, 0.4) is 0 Å². The molecular weight excluding hydrogens is 206 g/mol. The summed E-state index contributed by atoms with van der Waals surface area (Å²) in [5.41, 5.74) is 0.780. The van der Waals surface area contributed by atoms with Crippen molar-refractivity contribution in [2.24, 2.45) is 11.3 Å². The van der Waals surface area contributed by atoms with Gasteiger partial charge in [-0.25, -0.2) is 0 Å². The van der Waals surface area contributed by atoms with Gasteiger partial charge in [0.1, 0.15) is 0 Å². The first-order valence-corrected chi connectivity index (χ1v) is 7.56. The zero-order valence-corrected chi connectivity index (χ0v) is 12.7. The Morgan fingerprint density at radius 1 is 0.882 bits per heavy atom. The molecule has 0 aromatic rings. The van der Waals surface area contributed by atoms with Gasteiger partial charge in [-0.1, -0.05) is 39.5 Å². The molecule has 1 aliphatic carbocycles. The maximum atomic E-state index is 3.63. The Hall–Kier alpha value is -0.0400. The minimum atomic E-state index is 0.263. The number of hydrogen-bond donors (Lipinski definition) is 1. The van der Waals surface area contributed by atoms with Crippen LogP contribution in [0, 0.1) is 11.3 Å². The molecule has 0 radical (unpaired) electrons. The van der Waals surface area contributed by atoms with Crippen LogP contribution in [-0.2, 0) is 0 Å². The van der Waals surface area contributed by atoms with Crippen molar-refractivity contribution in [3.05, 3.63) is 0 Å². The average molecular weight is 239 g/mol. The van der Waals surface area contributed by atoms with Gasteiger partial charge in [0, 0.05) is 5.54 Å². The lowest BCUT2D eigenvalue weighted by molar-refractivity contribution is 0.168. The van der Waals surface area contributed by atoms with Crippen molar-refractivity contribution < 1.29 is 0 Å². The van der Waals surface area contributed by atoms with E-state index in [4.69, 9.17) is 0 Å². The smallest absolute Gasteiger partial charge is 0.00965 e. The molecule has 1 rings (SSSR count). The summed E-state index contributed by atoms with van der Waals surface area (Å²) in [6.07, 6.45) is 10.1. The Bertz CT molecular complexity index is 204. The Morgan fingerprint density at radius 3 is 1.88 bits per heavy atom. The van der Waals surface area contributed by atoms with E-state index in [1.807, 2.05) is 0 Å². The van der Waals surface area contributed by atoms with Gasteiger partial charge in [0.15, 0.2) is 0 Å². The highest BCUT2D eigenvalue weighted by Crippen LogP contribution is 2.39. The molecular formula is C16H33N. The molecule has 0 aromatic carbocycles. The molecule has 0 atom stereocenters. The SMILES string of the molecule is CC(C)(C)NCCC(C)(C)C1CCCCCC1. The van der Waals surface area contributed by atoms with E-state index in [0.717, 1.165) is 12.5 Å². The Kier molecular flexibility index (Phi) is 5.50. The minimum Gasteiger partial charge on any atom is -0.312 e. The first-order chi connectivity index (χ1) is 7.81. The summed E-state index contributed by atoms with van der Waals surface area (Å²) in [6, 6.07) is 0. The predicted molar refractivity (Wildman–Crippen MR) is 77.3 cm³/mol. The lowest BCUT2D eigenvalue weighted by Crippen LogP contribution is -2.39. The molecule has 0 amide bonds. The fraction of sp³-hybridized carbons (Fsp3) is 1.00. The molecule has 0 unspecified atom stereocenters. The minimum absolute atomic E-state index is 0.263. The van der Waals surface area contributed by atoms with E-state index in [0.29, 0.717) is 5.41 Å². The Labute approximate surface area is 109 Å². The van der Waals surface area contributed by atoms with E-state index >= 15 is 0 Å². The third-order valence-electron chi connectivity index (χ3n) is 4.39. The zero-order valence-electron chi connectivity index (χ0n) is 12.7. The molecule has 0 saturated heterocycles. The number of hydrogen-bond acceptors (Lipinski definition) is 1. The fourth-order valence-corrected chi connectivity index (χ4v) is 3.02. The summed E-state index contributed by atoms with van der Waals surface area (Å²) in [5.74, 6) is 0.951. The van der Waals surface area contributed by atoms with E-state index < -0.39 is 0 Å². The van der Waals surface area contributed by atoms with Crippen molar-refractivity contribution >= 4 is 0 Å². The summed E-state index contributed by atoms with van der Waals surface area (Å²) < 4.78 is 0. The van der Waals surface area contributed by atoms with Gasteiger partial charge in [-0.2, -0.15) is 0 Å². The molecule has 1 nitrogen and oxygen atoms in total. The fourth-order valence-electron chi connectivity index (χ4n) is 3.02. The largest absolute Gasteiger partial charge is 0.312 e. The molecule has 0 spiro atoms. The van der Waals surface area contributed by atoms with Crippen molar-refractivity contribution in [2.75, 3.05) is 6.54 Å². The summed E-state index contributed by atoms with van der Waals surface area (Å²) in [7, 11) is 0. The molecule has 102 valence electrons. The zero-order chi connectivity index (χ0) is 12.9. The van der Waals surface area contributed by atoms with Crippen molar-refractivity contribution in [1.29, 1.82) is 0 Å². The van der Waals surface area contributed by atoms with Gasteiger partial charge in [-0.15, -0.1) is 0 Å². The van der Waals surface area contributed by atoms with Crippen LogP contribution in [0.5, 0.6) is 0 Å². The van der Waals surface area contributed by atoms with Crippen LogP contribution < -0.4 is 5.32 Å². The number of rotatable bonds is 4. The Morgan fingerprint density at radius 2 is 1.41 bits per heavy atom. The molecule has 1 saturated carbocycles. The third-order valence-corrected chi connectivity index (χ3v) is 4.39. The highest BCUT2D eigenvalue weighted by molar-refractivity contribution is 4.82. The maximum Gasteiger partial charge on any atom is 0.00965 e. The predicted octanol–water partition coefficient (Wildman–Crippen LogP) is 4.76. The van der Waals surface area contributed by atoms with E-state index in [1.165, 1.54) is 44.9 Å².